The van der Waals surface area contributed by atoms with Gasteiger partial charge in [0.05, 0.1) is 24.7 Å². The van der Waals surface area contributed by atoms with Crippen molar-refractivity contribution in [1.82, 2.24) is 29.5 Å². The molecule has 0 saturated heterocycles. The number of hydrogen-bond acceptors (Lipinski definition) is 7. The highest BCUT2D eigenvalue weighted by Gasteiger charge is 2.27. The molecule has 0 amide bonds. The Morgan fingerprint density at radius 1 is 1.12 bits per heavy atom. The minimum atomic E-state index is -0.997. The van der Waals surface area contributed by atoms with Gasteiger partial charge in [0.2, 0.25) is 5.89 Å². The molecular weight excluding hydrogens is 539 g/mol. The van der Waals surface area contributed by atoms with Crippen molar-refractivity contribution in [2.75, 3.05) is 6.61 Å². The van der Waals surface area contributed by atoms with Gasteiger partial charge in [-0.3, -0.25) is 9.48 Å². The van der Waals surface area contributed by atoms with Crippen molar-refractivity contribution in [3.8, 4) is 39.9 Å². The predicted molar refractivity (Wildman–Crippen MR) is 154 cm³/mol. The molecule has 0 unspecified atom stereocenters. The highest BCUT2D eigenvalue weighted by molar-refractivity contribution is 6.00. The fourth-order valence-corrected chi connectivity index (χ4v) is 6.02. The molecule has 1 aliphatic heterocycles. The van der Waals surface area contributed by atoms with E-state index in [1.165, 1.54) is 6.07 Å². The smallest absolute Gasteiger partial charge is 0.307 e. The molecule has 212 valence electrons. The summed E-state index contributed by atoms with van der Waals surface area (Å²) in [5, 5.41) is 24.3. The molecule has 10 nitrogen and oxygen atoms in total. The minimum Gasteiger partial charge on any atom is -0.490 e. The number of aliphatic carboxylic acids is 1. The molecule has 0 spiro atoms. The Labute approximate surface area is 239 Å². The lowest BCUT2D eigenvalue weighted by molar-refractivity contribution is -0.136. The van der Waals surface area contributed by atoms with E-state index in [1.54, 1.807) is 17.8 Å². The molecule has 0 atom stereocenters. The minimum absolute atomic E-state index is 0.259. The average molecular weight is 567 g/mol. The average Bonchev–Trinajstić information content (AvgIpc) is 3.69. The van der Waals surface area contributed by atoms with Gasteiger partial charge < -0.3 is 18.8 Å². The topological polar surface area (TPSA) is 121 Å². The van der Waals surface area contributed by atoms with E-state index in [9.17, 15) is 9.90 Å². The van der Waals surface area contributed by atoms with Crippen LogP contribution in [0.15, 0.2) is 40.9 Å². The zero-order chi connectivity index (χ0) is 29.3. The second kappa shape index (κ2) is 9.51. The first kappa shape index (κ1) is 25.9. The van der Waals surface area contributed by atoms with Crippen molar-refractivity contribution in [3.63, 3.8) is 0 Å². The molecule has 42 heavy (non-hydrogen) atoms. The Kier molecular flexibility index (Phi) is 5.86. The number of hydrogen-bond donors (Lipinski definition) is 1. The molecule has 4 aromatic heterocycles. The van der Waals surface area contributed by atoms with Crippen LogP contribution in [-0.2, 0) is 31.7 Å². The van der Waals surface area contributed by atoms with E-state index < -0.39 is 11.8 Å². The first-order chi connectivity index (χ1) is 20.2. The van der Waals surface area contributed by atoms with Gasteiger partial charge in [0.15, 0.2) is 11.6 Å². The number of benzene rings is 2. The number of fused-ring (bicyclic) bond motifs is 3. The van der Waals surface area contributed by atoms with Crippen LogP contribution in [0.2, 0.25) is 0 Å². The number of carboxylic acids is 1. The number of halogens is 1. The van der Waals surface area contributed by atoms with Crippen LogP contribution in [0.3, 0.4) is 0 Å². The Hall–Kier alpha value is -5.06. The number of nitrogens with zero attached hydrogens (tertiary/aromatic N) is 6. The molecule has 0 bridgehead atoms. The van der Waals surface area contributed by atoms with Crippen LogP contribution in [0.25, 0.3) is 56.1 Å². The summed E-state index contributed by atoms with van der Waals surface area (Å²) < 4.78 is 30.8. The summed E-state index contributed by atoms with van der Waals surface area (Å²) in [6.07, 6.45) is 2.99. The second-order valence-corrected chi connectivity index (χ2v) is 10.7. The van der Waals surface area contributed by atoms with Crippen molar-refractivity contribution < 1.29 is 23.4 Å². The van der Waals surface area contributed by atoms with Crippen molar-refractivity contribution in [2.24, 2.45) is 14.1 Å². The lowest BCUT2D eigenvalue weighted by Gasteiger charge is -2.23. The predicted octanol–water partition coefficient (Wildman–Crippen LogP) is 5.55. The van der Waals surface area contributed by atoms with Gasteiger partial charge in [0.25, 0.3) is 5.89 Å². The third-order valence-electron chi connectivity index (χ3n) is 8.15. The number of aromatic nitrogens is 6. The van der Waals surface area contributed by atoms with Gasteiger partial charge in [-0.1, -0.05) is 0 Å². The molecule has 0 aliphatic carbocycles. The van der Waals surface area contributed by atoms with Crippen LogP contribution >= 0.6 is 0 Å². The maximum atomic E-state index is 15.4. The first-order valence-corrected chi connectivity index (χ1v) is 13.6. The van der Waals surface area contributed by atoms with Crippen molar-refractivity contribution in [2.45, 2.75) is 33.1 Å². The van der Waals surface area contributed by atoms with Gasteiger partial charge in [0.1, 0.15) is 11.3 Å². The van der Waals surface area contributed by atoms with Crippen LogP contribution in [-0.4, -0.2) is 47.2 Å². The molecule has 5 heterocycles. The van der Waals surface area contributed by atoms with E-state index in [4.69, 9.17) is 14.1 Å². The van der Waals surface area contributed by atoms with Crippen LogP contribution in [0.1, 0.15) is 28.8 Å². The van der Waals surface area contributed by atoms with Gasteiger partial charge in [-0.2, -0.15) is 5.10 Å². The van der Waals surface area contributed by atoms with Crippen molar-refractivity contribution >= 4 is 27.9 Å². The zero-order valence-corrected chi connectivity index (χ0v) is 23.5. The molecule has 6 aromatic rings. The summed E-state index contributed by atoms with van der Waals surface area (Å²) in [5.41, 5.74) is 6.95. The van der Waals surface area contributed by atoms with Crippen LogP contribution < -0.4 is 4.74 Å². The quantitative estimate of drug-likeness (QED) is 0.288. The summed E-state index contributed by atoms with van der Waals surface area (Å²) in [6.45, 7) is 4.18. The van der Waals surface area contributed by atoms with E-state index in [0.29, 0.717) is 58.0 Å². The molecule has 0 fully saturated rings. The number of rotatable bonds is 5. The third-order valence-corrected chi connectivity index (χ3v) is 8.15. The monoisotopic (exact) mass is 566 g/mol. The highest BCUT2D eigenvalue weighted by Crippen LogP contribution is 2.43. The Balaban J connectivity index is 1.42. The van der Waals surface area contributed by atoms with Crippen molar-refractivity contribution in [3.05, 3.63) is 64.7 Å². The summed E-state index contributed by atoms with van der Waals surface area (Å²) in [6, 6.07) is 9.11. The Morgan fingerprint density at radius 2 is 1.93 bits per heavy atom. The fourth-order valence-electron chi connectivity index (χ4n) is 6.02. The molecule has 7 rings (SSSR count). The lowest BCUT2D eigenvalue weighted by Crippen LogP contribution is -2.13. The van der Waals surface area contributed by atoms with Gasteiger partial charge in [-0.05, 0) is 79.3 Å². The summed E-state index contributed by atoms with van der Waals surface area (Å²) in [4.78, 5) is 16.8. The summed E-state index contributed by atoms with van der Waals surface area (Å²) in [7, 11) is 3.72. The highest BCUT2D eigenvalue weighted by atomic mass is 19.1. The lowest BCUT2D eigenvalue weighted by atomic mass is 9.87. The van der Waals surface area contributed by atoms with Crippen LogP contribution in [0, 0.1) is 19.7 Å². The standard InChI is InChI=1S/C31H27FN6O4/c1-15-19-6-5-9-41-28(19)23(32)11-20(15)27-21(13-26(39)40)16(2)34-29-22(27)12-25(37(29)3)31-36-35-30(42-31)17-7-8-24-18(10-17)14-33-38(24)4/h7-8,10-12,14H,5-6,9,13H2,1-4H3,(H,39,40). The SMILES string of the molecule is Cc1nc2c(cc(-c3nnc(-c4ccc5c(cnn5C)c4)o3)n2C)c(-c2cc(F)c3c(c2C)CCCO3)c1CC(=O)O. The number of pyridine rings is 1. The third kappa shape index (κ3) is 3.95. The fraction of sp³-hybridized carbons (Fsp3) is 0.258. The van der Waals surface area contributed by atoms with Crippen molar-refractivity contribution in [1.29, 1.82) is 0 Å². The molecule has 11 heteroatoms. The zero-order valence-electron chi connectivity index (χ0n) is 23.5. The van der Waals surface area contributed by atoms with E-state index in [1.807, 2.05) is 49.9 Å². The van der Waals surface area contributed by atoms with Gasteiger partial charge in [-0.25, -0.2) is 9.37 Å². The first-order valence-electron chi connectivity index (χ1n) is 13.6. The summed E-state index contributed by atoms with van der Waals surface area (Å²) in [5.74, 6) is -0.548. The van der Waals surface area contributed by atoms with Gasteiger partial charge >= 0.3 is 5.97 Å². The molecule has 0 saturated carbocycles. The number of carbonyl (C=O) groups is 1. The Morgan fingerprint density at radius 3 is 2.74 bits per heavy atom. The number of carboxylic acid groups (broad SMARTS) is 1. The van der Waals surface area contributed by atoms with Gasteiger partial charge in [0, 0.05) is 41.7 Å². The van der Waals surface area contributed by atoms with Gasteiger partial charge in [-0.15, -0.1) is 10.2 Å². The van der Waals surface area contributed by atoms with E-state index in [2.05, 4.69) is 15.3 Å². The molecule has 2 aromatic carbocycles. The maximum absolute atomic E-state index is 15.4. The molecule has 0 radical (unpaired) electrons. The molecule has 1 N–H and O–H groups in total. The molecule has 1 aliphatic rings. The Bertz CT molecular complexity index is 2070. The summed E-state index contributed by atoms with van der Waals surface area (Å²) >= 11 is 0. The molecular formula is C31H27FN6O4. The number of ether oxygens (including phenoxy) is 1. The van der Waals surface area contributed by atoms with E-state index in [-0.39, 0.29) is 18.1 Å². The number of aryl methyl sites for hydroxylation is 3. The second-order valence-electron chi connectivity index (χ2n) is 10.7. The van der Waals surface area contributed by atoms with E-state index >= 15 is 4.39 Å². The maximum Gasteiger partial charge on any atom is 0.307 e. The van der Waals surface area contributed by atoms with Crippen LogP contribution in [0.4, 0.5) is 4.39 Å². The normalized spacial score (nSPS) is 13.1. The van der Waals surface area contributed by atoms with E-state index in [0.717, 1.165) is 34.0 Å². The van der Waals surface area contributed by atoms with Crippen LogP contribution in [0.5, 0.6) is 5.75 Å². The largest absolute Gasteiger partial charge is 0.490 e.